The maximum Gasteiger partial charge on any atom is 0.328 e. The highest BCUT2D eigenvalue weighted by Crippen LogP contribution is 1.89. The molecule has 0 aliphatic carbocycles. The van der Waals surface area contributed by atoms with Gasteiger partial charge in [0.15, 0.2) is 0 Å². The third-order valence-corrected chi connectivity index (χ3v) is 1.55. The first kappa shape index (κ1) is 12.9. The summed E-state index contributed by atoms with van der Waals surface area (Å²) in [7, 11) is 1.52. The van der Waals surface area contributed by atoms with Gasteiger partial charge >= 0.3 is 5.97 Å². The smallest absolute Gasteiger partial charge is 0.328 e. The molecule has 0 aliphatic rings. The van der Waals surface area contributed by atoms with E-state index in [2.05, 4.69) is 5.32 Å². The first-order valence-corrected chi connectivity index (χ1v) is 4.56. The summed E-state index contributed by atoms with van der Waals surface area (Å²) in [4.78, 5) is 22.2. The van der Waals surface area contributed by atoms with Crippen LogP contribution in [0.1, 0.15) is 20.3 Å². The van der Waals surface area contributed by atoms with Crippen molar-refractivity contribution >= 4 is 11.9 Å². The van der Waals surface area contributed by atoms with Crippen molar-refractivity contribution < 1.29 is 19.1 Å². The quantitative estimate of drug-likeness (QED) is 0.621. The van der Waals surface area contributed by atoms with Crippen LogP contribution in [0.4, 0.5) is 0 Å². The van der Waals surface area contributed by atoms with Gasteiger partial charge in [0.25, 0.3) is 0 Å². The molecule has 0 saturated heterocycles. The average molecular weight is 203 g/mol. The number of rotatable bonds is 6. The SMILES string of the molecule is CCOC(=O)C(C)NC(=O)CCOC. The van der Waals surface area contributed by atoms with Crippen molar-refractivity contribution in [3.8, 4) is 0 Å². The molecule has 0 aliphatic heterocycles. The van der Waals surface area contributed by atoms with Crippen molar-refractivity contribution in [2.75, 3.05) is 20.3 Å². The third-order valence-electron chi connectivity index (χ3n) is 1.55. The molecule has 1 N–H and O–H groups in total. The number of hydrogen-bond donors (Lipinski definition) is 1. The fourth-order valence-electron chi connectivity index (χ4n) is 0.835. The first-order chi connectivity index (χ1) is 6.61. The summed E-state index contributed by atoms with van der Waals surface area (Å²) in [6.45, 7) is 3.97. The van der Waals surface area contributed by atoms with Crippen molar-refractivity contribution in [2.24, 2.45) is 0 Å². The molecule has 0 aromatic rings. The summed E-state index contributed by atoms with van der Waals surface area (Å²) in [5.74, 6) is -0.634. The summed E-state index contributed by atoms with van der Waals surface area (Å²) >= 11 is 0. The van der Waals surface area contributed by atoms with Crippen LogP contribution in [-0.2, 0) is 19.1 Å². The fraction of sp³-hybridized carbons (Fsp3) is 0.778. The van der Waals surface area contributed by atoms with Crippen LogP contribution >= 0.6 is 0 Å². The number of amides is 1. The molecule has 0 saturated carbocycles. The van der Waals surface area contributed by atoms with E-state index in [0.717, 1.165) is 0 Å². The molecule has 5 nitrogen and oxygen atoms in total. The molecule has 0 fully saturated rings. The van der Waals surface area contributed by atoms with Crippen LogP contribution in [0.25, 0.3) is 0 Å². The molecule has 0 aromatic carbocycles. The van der Waals surface area contributed by atoms with E-state index in [1.54, 1.807) is 13.8 Å². The van der Waals surface area contributed by atoms with Gasteiger partial charge in [-0.15, -0.1) is 0 Å². The highest BCUT2D eigenvalue weighted by atomic mass is 16.5. The summed E-state index contributed by atoms with van der Waals surface area (Å²) < 4.78 is 9.45. The summed E-state index contributed by atoms with van der Waals surface area (Å²) in [6.07, 6.45) is 0.250. The van der Waals surface area contributed by atoms with Crippen molar-refractivity contribution in [3.05, 3.63) is 0 Å². The zero-order valence-electron chi connectivity index (χ0n) is 8.83. The second-order valence-corrected chi connectivity index (χ2v) is 2.78. The van der Waals surface area contributed by atoms with E-state index in [4.69, 9.17) is 9.47 Å². The Labute approximate surface area is 83.8 Å². The zero-order valence-corrected chi connectivity index (χ0v) is 8.83. The topological polar surface area (TPSA) is 64.6 Å². The number of esters is 1. The van der Waals surface area contributed by atoms with Gasteiger partial charge in [-0.1, -0.05) is 0 Å². The minimum atomic E-state index is -0.598. The molecule has 0 spiro atoms. The number of carbonyl (C=O) groups is 2. The summed E-state index contributed by atoms with van der Waals surface area (Å²) in [6, 6.07) is -0.598. The highest BCUT2D eigenvalue weighted by Gasteiger charge is 2.15. The van der Waals surface area contributed by atoms with Gasteiger partial charge in [0.2, 0.25) is 5.91 Å². The van der Waals surface area contributed by atoms with Gasteiger partial charge in [-0.05, 0) is 13.8 Å². The molecule has 0 rings (SSSR count). The lowest BCUT2D eigenvalue weighted by Crippen LogP contribution is -2.39. The molecule has 0 heterocycles. The Balaban J connectivity index is 3.75. The molecule has 1 amide bonds. The number of nitrogens with one attached hydrogen (secondary N) is 1. The molecule has 82 valence electrons. The highest BCUT2D eigenvalue weighted by molar-refractivity contribution is 5.84. The molecule has 1 unspecified atom stereocenters. The second-order valence-electron chi connectivity index (χ2n) is 2.78. The fourth-order valence-corrected chi connectivity index (χ4v) is 0.835. The van der Waals surface area contributed by atoms with Crippen LogP contribution < -0.4 is 5.32 Å². The molecule has 0 bridgehead atoms. The molecule has 5 heteroatoms. The lowest BCUT2D eigenvalue weighted by molar-refractivity contribution is -0.146. The van der Waals surface area contributed by atoms with Crippen molar-refractivity contribution in [2.45, 2.75) is 26.3 Å². The zero-order chi connectivity index (χ0) is 11.0. The van der Waals surface area contributed by atoms with Gasteiger partial charge in [-0.3, -0.25) is 4.79 Å². The monoisotopic (exact) mass is 203 g/mol. The Hall–Kier alpha value is -1.10. The van der Waals surface area contributed by atoms with E-state index >= 15 is 0 Å². The number of methoxy groups -OCH3 is 1. The number of carbonyl (C=O) groups excluding carboxylic acids is 2. The molecule has 0 radical (unpaired) electrons. The van der Waals surface area contributed by atoms with Crippen LogP contribution in [0.15, 0.2) is 0 Å². The minimum Gasteiger partial charge on any atom is -0.464 e. The van der Waals surface area contributed by atoms with Crippen molar-refractivity contribution in [1.82, 2.24) is 5.32 Å². The van der Waals surface area contributed by atoms with Crippen molar-refractivity contribution in [1.29, 1.82) is 0 Å². The number of hydrogen-bond acceptors (Lipinski definition) is 4. The van der Waals surface area contributed by atoms with Crippen LogP contribution in [0.2, 0.25) is 0 Å². The molecular weight excluding hydrogens is 186 g/mol. The maximum atomic E-state index is 11.1. The number of ether oxygens (including phenoxy) is 2. The van der Waals surface area contributed by atoms with Gasteiger partial charge < -0.3 is 14.8 Å². The maximum absolute atomic E-state index is 11.1. The molecule has 0 aromatic heterocycles. The second kappa shape index (κ2) is 7.32. The predicted octanol–water partition coefficient (Wildman–Crippen LogP) is 0.0907. The Morgan fingerprint density at radius 3 is 2.57 bits per heavy atom. The van der Waals surface area contributed by atoms with Crippen molar-refractivity contribution in [3.63, 3.8) is 0 Å². The van der Waals surface area contributed by atoms with Crippen LogP contribution in [0.5, 0.6) is 0 Å². The Kier molecular flexibility index (Phi) is 6.74. The van der Waals surface area contributed by atoms with Crippen LogP contribution in [-0.4, -0.2) is 38.2 Å². The molecule has 14 heavy (non-hydrogen) atoms. The first-order valence-electron chi connectivity index (χ1n) is 4.56. The molecule has 1 atom stereocenters. The predicted molar refractivity (Wildman–Crippen MR) is 50.7 cm³/mol. The Morgan fingerprint density at radius 1 is 1.43 bits per heavy atom. The normalized spacial score (nSPS) is 11.9. The molecular formula is C9H17NO4. The van der Waals surface area contributed by atoms with E-state index < -0.39 is 12.0 Å². The van der Waals surface area contributed by atoms with Gasteiger partial charge in [0, 0.05) is 13.5 Å². The Bertz CT molecular complexity index is 193. The van der Waals surface area contributed by atoms with Crippen LogP contribution in [0, 0.1) is 0 Å². The minimum absolute atomic E-state index is 0.215. The summed E-state index contributed by atoms with van der Waals surface area (Å²) in [5, 5.41) is 2.51. The van der Waals surface area contributed by atoms with Gasteiger partial charge in [-0.25, -0.2) is 4.79 Å². The van der Waals surface area contributed by atoms with Gasteiger partial charge in [-0.2, -0.15) is 0 Å². The Morgan fingerprint density at radius 2 is 2.07 bits per heavy atom. The largest absolute Gasteiger partial charge is 0.464 e. The van der Waals surface area contributed by atoms with E-state index in [-0.39, 0.29) is 12.3 Å². The van der Waals surface area contributed by atoms with Crippen LogP contribution in [0.3, 0.4) is 0 Å². The standard InChI is InChI=1S/C9H17NO4/c1-4-14-9(12)7(2)10-8(11)5-6-13-3/h7H,4-6H2,1-3H3,(H,10,11). The average Bonchev–Trinajstić information content (AvgIpc) is 2.15. The van der Waals surface area contributed by atoms with E-state index in [1.165, 1.54) is 7.11 Å². The third kappa shape index (κ3) is 5.53. The lowest BCUT2D eigenvalue weighted by atomic mass is 10.3. The van der Waals surface area contributed by atoms with Gasteiger partial charge in [0.1, 0.15) is 6.04 Å². The van der Waals surface area contributed by atoms with E-state index in [1.807, 2.05) is 0 Å². The lowest BCUT2D eigenvalue weighted by Gasteiger charge is -2.12. The summed E-state index contributed by atoms with van der Waals surface area (Å²) in [5.41, 5.74) is 0. The van der Waals surface area contributed by atoms with E-state index in [9.17, 15) is 9.59 Å². The van der Waals surface area contributed by atoms with E-state index in [0.29, 0.717) is 13.2 Å². The van der Waals surface area contributed by atoms with Gasteiger partial charge in [0.05, 0.1) is 13.2 Å².